The summed E-state index contributed by atoms with van der Waals surface area (Å²) in [4.78, 5) is 56.2. The molecule has 0 unspecified atom stereocenters. The number of carboxylic acid groups (broad SMARTS) is 1. The van der Waals surface area contributed by atoms with E-state index < -0.39 is 35.5 Å². The van der Waals surface area contributed by atoms with Crippen molar-refractivity contribution in [1.82, 2.24) is 20.1 Å². The van der Waals surface area contributed by atoms with E-state index in [9.17, 15) is 24.3 Å². The van der Waals surface area contributed by atoms with Gasteiger partial charge in [-0.05, 0) is 52.2 Å². The number of pyridine rings is 1. The van der Waals surface area contributed by atoms with E-state index in [1.807, 2.05) is 0 Å². The Labute approximate surface area is 192 Å². The molecule has 2 rings (SSSR count). The molecule has 176 valence electrons. The molecule has 0 aromatic carbocycles. The normalized spacial score (nSPS) is 20.8. The summed E-state index contributed by atoms with van der Waals surface area (Å²) >= 11 is 5.77. The lowest BCUT2D eigenvalue weighted by atomic mass is 9.79. The molecular formula is C21H30ClN5O5. The van der Waals surface area contributed by atoms with Crippen molar-refractivity contribution in [3.63, 3.8) is 0 Å². The van der Waals surface area contributed by atoms with Crippen molar-refractivity contribution in [1.29, 1.82) is 0 Å². The summed E-state index contributed by atoms with van der Waals surface area (Å²) in [6.07, 6.45) is 1.24. The van der Waals surface area contributed by atoms with Gasteiger partial charge < -0.3 is 20.6 Å². The molecule has 0 bridgehead atoms. The van der Waals surface area contributed by atoms with Crippen LogP contribution in [0.4, 0.5) is 10.6 Å². The monoisotopic (exact) mass is 467 g/mol. The van der Waals surface area contributed by atoms with Gasteiger partial charge in [-0.2, -0.15) is 0 Å². The van der Waals surface area contributed by atoms with Crippen molar-refractivity contribution in [3.8, 4) is 0 Å². The first kappa shape index (κ1) is 25.4. The highest BCUT2D eigenvalue weighted by Gasteiger charge is 2.44. The van der Waals surface area contributed by atoms with Crippen LogP contribution >= 0.6 is 11.6 Å². The van der Waals surface area contributed by atoms with Crippen LogP contribution in [0.5, 0.6) is 0 Å². The van der Waals surface area contributed by atoms with E-state index in [2.05, 4.69) is 15.6 Å². The second kappa shape index (κ2) is 10.2. The predicted molar refractivity (Wildman–Crippen MR) is 119 cm³/mol. The number of anilines is 1. The van der Waals surface area contributed by atoms with Gasteiger partial charge in [0, 0.05) is 37.8 Å². The molecule has 1 fully saturated rings. The van der Waals surface area contributed by atoms with Gasteiger partial charge in [0.2, 0.25) is 5.91 Å². The van der Waals surface area contributed by atoms with Crippen LogP contribution in [-0.2, 0) is 14.4 Å². The zero-order valence-electron chi connectivity index (χ0n) is 18.9. The minimum atomic E-state index is -1.16. The maximum Gasteiger partial charge on any atom is 0.408 e. The Hall–Kier alpha value is -2.88. The van der Waals surface area contributed by atoms with Crippen molar-refractivity contribution in [2.45, 2.75) is 57.7 Å². The lowest BCUT2D eigenvalue weighted by Crippen LogP contribution is -2.62. The molecule has 10 nitrogen and oxygen atoms in total. The van der Waals surface area contributed by atoms with Gasteiger partial charge >= 0.3 is 17.9 Å². The van der Waals surface area contributed by atoms with E-state index in [0.29, 0.717) is 17.9 Å². The molecule has 0 radical (unpaired) electrons. The van der Waals surface area contributed by atoms with Crippen molar-refractivity contribution in [2.75, 3.05) is 19.4 Å². The number of aromatic nitrogens is 1. The smallest absolute Gasteiger partial charge is 0.408 e. The predicted octanol–water partition coefficient (Wildman–Crippen LogP) is 2.19. The second-order valence-corrected chi connectivity index (χ2v) is 9.47. The Morgan fingerprint density at radius 3 is 2.28 bits per heavy atom. The summed E-state index contributed by atoms with van der Waals surface area (Å²) in [5.41, 5.74) is -0.780. The number of hydrogen-bond acceptors (Lipinski definition) is 5. The van der Waals surface area contributed by atoms with Crippen LogP contribution < -0.4 is 10.6 Å². The lowest BCUT2D eigenvalue weighted by Gasteiger charge is -2.46. The maximum atomic E-state index is 12.6. The summed E-state index contributed by atoms with van der Waals surface area (Å²) in [6, 6.07) is 1.67. The van der Waals surface area contributed by atoms with Crippen LogP contribution in [0.3, 0.4) is 0 Å². The van der Waals surface area contributed by atoms with Crippen LogP contribution in [0.2, 0.25) is 5.02 Å². The van der Waals surface area contributed by atoms with Gasteiger partial charge in [0.05, 0.1) is 11.1 Å². The van der Waals surface area contributed by atoms with Crippen LogP contribution in [0.15, 0.2) is 18.3 Å². The highest BCUT2D eigenvalue weighted by Crippen LogP contribution is 2.33. The molecule has 1 saturated carbocycles. The fourth-order valence-corrected chi connectivity index (χ4v) is 4.08. The van der Waals surface area contributed by atoms with Gasteiger partial charge in [0.15, 0.2) is 0 Å². The first-order valence-corrected chi connectivity index (χ1v) is 10.7. The standard InChI is InChI=1S/C21H30ClN5O5/c1-21(2,3)27(20(31)32)15-10-12(19(30)26(4)5)6-8-14(15)24-17(28)18(29)25-16-9-7-13(22)11-23-16/h7,9,11-12,14-15H,6,8,10H2,1-5H3,(H,24,28)(H,31,32)(H,23,25,29)/t12-,14-,15+/m0/s1. The Balaban J connectivity index is 2.21. The maximum absolute atomic E-state index is 12.6. The fraction of sp³-hybridized carbons (Fsp3) is 0.571. The van der Waals surface area contributed by atoms with E-state index in [0.717, 1.165) is 0 Å². The molecule has 1 aromatic rings. The number of rotatable bonds is 4. The molecule has 1 heterocycles. The van der Waals surface area contributed by atoms with Gasteiger partial charge in [-0.1, -0.05) is 11.6 Å². The summed E-state index contributed by atoms with van der Waals surface area (Å²) in [5.74, 6) is -2.14. The number of carbonyl (C=O) groups is 4. The van der Waals surface area contributed by atoms with Gasteiger partial charge in [0.25, 0.3) is 0 Å². The molecule has 32 heavy (non-hydrogen) atoms. The van der Waals surface area contributed by atoms with Crippen molar-refractivity contribution in [3.05, 3.63) is 23.4 Å². The van der Waals surface area contributed by atoms with E-state index in [4.69, 9.17) is 11.6 Å². The molecule has 0 spiro atoms. The molecule has 3 atom stereocenters. The van der Waals surface area contributed by atoms with Gasteiger partial charge in [-0.15, -0.1) is 0 Å². The van der Waals surface area contributed by atoms with E-state index in [-0.39, 0.29) is 24.1 Å². The average molecular weight is 468 g/mol. The summed E-state index contributed by atoms with van der Waals surface area (Å²) in [5, 5.41) is 15.3. The zero-order chi connectivity index (χ0) is 24.2. The highest BCUT2D eigenvalue weighted by atomic mass is 35.5. The Morgan fingerprint density at radius 2 is 1.78 bits per heavy atom. The average Bonchev–Trinajstić information content (AvgIpc) is 2.68. The zero-order valence-corrected chi connectivity index (χ0v) is 19.6. The number of halogens is 1. The first-order chi connectivity index (χ1) is 14.8. The molecule has 0 aliphatic heterocycles. The molecule has 0 saturated heterocycles. The van der Waals surface area contributed by atoms with Crippen molar-refractivity contribution in [2.24, 2.45) is 5.92 Å². The SMILES string of the molecule is CN(C)C(=O)[C@H]1CC[C@H](NC(=O)C(=O)Nc2ccc(Cl)cn2)[C@H](N(C(=O)O)C(C)(C)C)C1. The topological polar surface area (TPSA) is 132 Å². The molecular weight excluding hydrogens is 438 g/mol. The number of amides is 4. The molecule has 11 heteroatoms. The van der Waals surface area contributed by atoms with Crippen molar-refractivity contribution < 1.29 is 24.3 Å². The summed E-state index contributed by atoms with van der Waals surface area (Å²) in [6.45, 7) is 5.24. The van der Waals surface area contributed by atoms with E-state index >= 15 is 0 Å². The quantitative estimate of drug-likeness (QED) is 0.581. The third-order valence-corrected chi connectivity index (χ3v) is 5.58. The number of carbonyl (C=O) groups excluding carboxylic acids is 3. The van der Waals surface area contributed by atoms with Gasteiger partial charge in [0.1, 0.15) is 5.82 Å². The molecule has 4 amide bonds. The molecule has 1 aliphatic rings. The minimum Gasteiger partial charge on any atom is -0.465 e. The molecule has 3 N–H and O–H groups in total. The largest absolute Gasteiger partial charge is 0.465 e. The number of nitrogens with one attached hydrogen (secondary N) is 2. The van der Waals surface area contributed by atoms with Crippen molar-refractivity contribution >= 4 is 41.2 Å². The third-order valence-electron chi connectivity index (χ3n) is 5.36. The Bertz CT molecular complexity index is 868. The third kappa shape index (κ3) is 6.32. The van der Waals surface area contributed by atoms with E-state index in [1.54, 1.807) is 34.9 Å². The molecule has 1 aromatic heterocycles. The van der Waals surface area contributed by atoms with Gasteiger partial charge in [-0.25, -0.2) is 9.78 Å². The Kier molecular flexibility index (Phi) is 8.06. The van der Waals surface area contributed by atoms with Crippen LogP contribution in [-0.4, -0.2) is 75.4 Å². The van der Waals surface area contributed by atoms with Crippen LogP contribution in [0.25, 0.3) is 0 Å². The van der Waals surface area contributed by atoms with Gasteiger partial charge in [-0.3, -0.25) is 19.3 Å². The fourth-order valence-electron chi connectivity index (χ4n) is 3.97. The van der Waals surface area contributed by atoms with Crippen LogP contribution in [0, 0.1) is 5.92 Å². The Morgan fingerprint density at radius 1 is 1.12 bits per heavy atom. The number of nitrogens with zero attached hydrogens (tertiary/aromatic N) is 3. The first-order valence-electron chi connectivity index (χ1n) is 10.3. The summed E-state index contributed by atoms with van der Waals surface area (Å²) < 4.78 is 0. The minimum absolute atomic E-state index is 0.0921. The second-order valence-electron chi connectivity index (χ2n) is 9.03. The van der Waals surface area contributed by atoms with Crippen LogP contribution in [0.1, 0.15) is 40.0 Å². The number of hydrogen-bond donors (Lipinski definition) is 3. The lowest BCUT2D eigenvalue weighted by molar-refractivity contribution is -0.138. The van der Waals surface area contributed by atoms with E-state index in [1.165, 1.54) is 28.1 Å². The highest BCUT2D eigenvalue weighted by molar-refractivity contribution is 6.39. The molecule has 1 aliphatic carbocycles. The summed E-state index contributed by atoms with van der Waals surface area (Å²) in [7, 11) is 3.30.